The Labute approximate surface area is 126 Å². The zero-order valence-electron chi connectivity index (χ0n) is 13.5. The average molecular weight is 294 g/mol. The van der Waals surface area contributed by atoms with Gasteiger partial charge in [-0.1, -0.05) is 40.5 Å². The van der Waals surface area contributed by atoms with Crippen molar-refractivity contribution in [3.8, 4) is 0 Å². The summed E-state index contributed by atoms with van der Waals surface area (Å²) in [5.74, 6) is -0.742. The molecule has 2 rings (SSSR count). The van der Waals surface area contributed by atoms with E-state index in [-0.39, 0.29) is 17.4 Å². The molecule has 1 atom stereocenters. The van der Waals surface area contributed by atoms with Crippen LogP contribution in [0.25, 0.3) is 0 Å². The van der Waals surface area contributed by atoms with Gasteiger partial charge >= 0.3 is 6.03 Å². The van der Waals surface area contributed by atoms with E-state index in [1.165, 1.54) is 4.90 Å². The monoisotopic (exact) mass is 294 g/mol. The lowest BCUT2D eigenvalue weighted by atomic mass is 9.70. The van der Waals surface area contributed by atoms with Gasteiger partial charge in [0.15, 0.2) is 0 Å². The molecule has 2 aliphatic rings. The minimum atomic E-state index is -1.08. The Bertz CT molecular complexity index is 466. The predicted octanol–water partition coefficient (Wildman–Crippen LogP) is 2.84. The van der Waals surface area contributed by atoms with Gasteiger partial charge in [0.2, 0.25) is 11.8 Å². The fraction of sp³-hybridized carbons (Fsp3) is 0.812. The topological polar surface area (TPSA) is 66.5 Å². The van der Waals surface area contributed by atoms with Crippen molar-refractivity contribution in [1.29, 1.82) is 0 Å². The first-order valence-electron chi connectivity index (χ1n) is 7.99. The minimum Gasteiger partial charge on any atom is -0.277 e. The van der Waals surface area contributed by atoms with E-state index in [1.54, 1.807) is 0 Å². The molecule has 0 aromatic carbocycles. The van der Waals surface area contributed by atoms with E-state index in [2.05, 4.69) is 19.2 Å². The van der Waals surface area contributed by atoms with Crippen LogP contribution in [0.2, 0.25) is 0 Å². The second-order valence-corrected chi connectivity index (χ2v) is 6.97. The molecular weight excluding hydrogens is 268 g/mol. The SMILES string of the molecule is CCC1(CC)C(=O)NC(=O)N(C2CCCCC2(C)C)C1=O. The molecule has 0 aromatic heterocycles. The number of imide groups is 2. The van der Waals surface area contributed by atoms with Crippen LogP contribution in [0.3, 0.4) is 0 Å². The first-order valence-corrected chi connectivity index (χ1v) is 7.99. The zero-order chi connectivity index (χ0) is 15.8. The molecule has 0 aromatic rings. The largest absolute Gasteiger partial charge is 0.331 e. The van der Waals surface area contributed by atoms with Crippen LogP contribution in [-0.4, -0.2) is 28.8 Å². The number of nitrogens with one attached hydrogen (secondary N) is 1. The lowest BCUT2D eigenvalue weighted by Gasteiger charge is -2.48. The van der Waals surface area contributed by atoms with Gasteiger partial charge in [-0.25, -0.2) is 4.79 Å². The van der Waals surface area contributed by atoms with E-state index >= 15 is 0 Å². The summed E-state index contributed by atoms with van der Waals surface area (Å²) < 4.78 is 0. The van der Waals surface area contributed by atoms with Gasteiger partial charge in [0.05, 0.1) is 0 Å². The molecule has 4 amide bonds. The van der Waals surface area contributed by atoms with Gasteiger partial charge in [0, 0.05) is 6.04 Å². The van der Waals surface area contributed by atoms with Crippen molar-refractivity contribution in [3.63, 3.8) is 0 Å². The summed E-state index contributed by atoms with van der Waals surface area (Å²) >= 11 is 0. The molecule has 1 N–H and O–H groups in total. The highest BCUT2D eigenvalue weighted by atomic mass is 16.2. The van der Waals surface area contributed by atoms with Crippen LogP contribution in [-0.2, 0) is 9.59 Å². The van der Waals surface area contributed by atoms with Crippen LogP contribution in [0.4, 0.5) is 4.79 Å². The number of carbonyl (C=O) groups is 3. The number of urea groups is 1. The van der Waals surface area contributed by atoms with Gasteiger partial charge in [-0.05, 0) is 31.1 Å². The highest BCUT2D eigenvalue weighted by Crippen LogP contribution is 2.42. The van der Waals surface area contributed by atoms with Gasteiger partial charge in [-0.2, -0.15) is 0 Å². The van der Waals surface area contributed by atoms with Crippen LogP contribution in [0.1, 0.15) is 66.2 Å². The zero-order valence-corrected chi connectivity index (χ0v) is 13.5. The molecule has 2 fully saturated rings. The molecule has 1 aliphatic heterocycles. The summed E-state index contributed by atoms with van der Waals surface area (Å²) in [6, 6.07) is -0.660. The highest BCUT2D eigenvalue weighted by molar-refractivity contribution is 6.19. The molecule has 21 heavy (non-hydrogen) atoms. The predicted molar refractivity (Wildman–Crippen MR) is 79.4 cm³/mol. The number of hydrogen-bond donors (Lipinski definition) is 1. The number of nitrogens with zero attached hydrogens (tertiary/aromatic N) is 1. The van der Waals surface area contributed by atoms with Crippen molar-refractivity contribution in [2.75, 3.05) is 0 Å². The lowest BCUT2D eigenvalue weighted by molar-refractivity contribution is -0.156. The fourth-order valence-corrected chi connectivity index (χ4v) is 3.81. The summed E-state index contributed by atoms with van der Waals surface area (Å²) in [6.07, 6.45) is 4.80. The standard InChI is InChI=1S/C16H26N2O3/c1-5-16(6-2)12(19)17-14(21)18(13(16)20)11-9-7-8-10-15(11,3)4/h11H,5-10H2,1-4H3,(H,17,19,21). The molecule has 0 bridgehead atoms. The maximum Gasteiger partial charge on any atom is 0.331 e. The number of hydrogen-bond acceptors (Lipinski definition) is 3. The Morgan fingerprint density at radius 2 is 1.76 bits per heavy atom. The van der Waals surface area contributed by atoms with Crippen molar-refractivity contribution in [1.82, 2.24) is 10.2 Å². The lowest BCUT2D eigenvalue weighted by Crippen LogP contribution is -2.68. The number of amides is 4. The van der Waals surface area contributed by atoms with Crippen LogP contribution in [0.5, 0.6) is 0 Å². The van der Waals surface area contributed by atoms with Crippen molar-refractivity contribution >= 4 is 17.8 Å². The summed E-state index contributed by atoms with van der Waals surface area (Å²) in [5.41, 5.74) is -1.18. The molecule has 1 unspecified atom stereocenters. The van der Waals surface area contributed by atoms with E-state index in [4.69, 9.17) is 0 Å². The molecule has 5 nitrogen and oxygen atoms in total. The quantitative estimate of drug-likeness (QED) is 0.814. The number of rotatable bonds is 3. The molecule has 1 heterocycles. The van der Waals surface area contributed by atoms with E-state index in [0.717, 1.165) is 25.7 Å². The van der Waals surface area contributed by atoms with Crippen LogP contribution >= 0.6 is 0 Å². The van der Waals surface area contributed by atoms with Gasteiger partial charge in [0.25, 0.3) is 0 Å². The van der Waals surface area contributed by atoms with E-state index in [0.29, 0.717) is 12.8 Å². The van der Waals surface area contributed by atoms with Crippen LogP contribution in [0.15, 0.2) is 0 Å². The number of carbonyl (C=O) groups excluding carboxylic acids is 3. The third-order valence-electron chi connectivity index (χ3n) is 5.47. The highest BCUT2D eigenvalue weighted by Gasteiger charge is 2.55. The Morgan fingerprint density at radius 3 is 2.29 bits per heavy atom. The molecule has 0 radical (unpaired) electrons. The van der Waals surface area contributed by atoms with Crippen molar-refractivity contribution < 1.29 is 14.4 Å². The van der Waals surface area contributed by atoms with Gasteiger partial charge in [-0.15, -0.1) is 0 Å². The Morgan fingerprint density at radius 1 is 1.14 bits per heavy atom. The van der Waals surface area contributed by atoms with Gasteiger partial charge in [-0.3, -0.25) is 19.8 Å². The van der Waals surface area contributed by atoms with Gasteiger partial charge < -0.3 is 0 Å². The Balaban J connectivity index is 2.40. The van der Waals surface area contributed by atoms with E-state index in [1.807, 2.05) is 13.8 Å². The Hall–Kier alpha value is -1.39. The summed E-state index contributed by atoms with van der Waals surface area (Å²) in [5, 5.41) is 2.41. The first kappa shape index (κ1) is 16.0. The third kappa shape index (κ3) is 2.36. The van der Waals surface area contributed by atoms with Gasteiger partial charge in [0.1, 0.15) is 5.41 Å². The molecular formula is C16H26N2O3. The summed E-state index contributed by atoms with van der Waals surface area (Å²) in [4.78, 5) is 38.8. The van der Waals surface area contributed by atoms with Crippen molar-refractivity contribution in [3.05, 3.63) is 0 Å². The van der Waals surface area contributed by atoms with E-state index in [9.17, 15) is 14.4 Å². The Kier molecular flexibility index (Phi) is 4.13. The molecule has 118 valence electrons. The first-order chi connectivity index (χ1) is 9.80. The minimum absolute atomic E-state index is 0.0984. The summed E-state index contributed by atoms with van der Waals surface area (Å²) in [7, 11) is 0. The maximum atomic E-state index is 13.0. The van der Waals surface area contributed by atoms with Crippen LogP contribution < -0.4 is 5.32 Å². The summed E-state index contributed by atoms with van der Waals surface area (Å²) in [6.45, 7) is 7.88. The van der Waals surface area contributed by atoms with E-state index < -0.39 is 17.4 Å². The second kappa shape index (κ2) is 5.43. The third-order valence-corrected chi connectivity index (χ3v) is 5.47. The molecule has 1 saturated carbocycles. The molecule has 1 aliphatic carbocycles. The normalized spacial score (nSPS) is 28.5. The second-order valence-electron chi connectivity index (χ2n) is 6.97. The average Bonchev–Trinajstić information content (AvgIpc) is 2.41. The van der Waals surface area contributed by atoms with Crippen molar-refractivity contribution in [2.24, 2.45) is 10.8 Å². The fourth-order valence-electron chi connectivity index (χ4n) is 3.81. The maximum absolute atomic E-state index is 13.0. The van der Waals surface area contributed by atoms with Crippen LogP contribution in [0, 0.1) is 10.8 Å². The molecule has 5 heteroatoms. The smallest absolute Gasteiger partial charge is 0.277 e. The molecule has 1 saturated heterocycles. The molecule has 0 spiro atoms. The number of barbiturate groups is 1. The van der Waals surface area contributed by atoms with Crippen molar-refractivity contribution in [2.45, 2.75) is 72.3 Å².